The Morgan fingerprint density at radius 3 is 2.71 bits per heavy atom. The Bertz CT molecular complexity index is 478. The third-order valence-corrected chi connectivity index (χ3v) is 4.74. The van der Waals surface area contributed by atoms with Crippen molar-refractivity contribution in [3.63, 3.8) is 0 Å². The number of amides is 1. The largest absolute Gasteiger partial charge is 0.481 e. The summed E-state index contributed by atoms with van der Waals surface area (Å²) < 4.78 is 0. The SMILES string of the molecule is O=C(CSCc1ccccc1)NC1CCCC(C(=O)O)C1. The zero-order valence-corrected chi connectivity index (χ0v) is 12.8. The van der Waals surface area contributed by atoms with Crippen molar-refractivity contribution in [1.82, 2.24) is 5.32 Å². The first-order valence-corrected chi connectivity index (χ1v) is 8.44. The van der Waals surface area contributed by atoms with Gasteiger partial charge in [-0.05, 0) is 24.8 Å². The number of rotatable bonds is 6. The molecule has 1 aliphatic rings. The van der Waals surface area contributed by atoms with E-state index < -0.39 is 5.97 Å². The molecular weight excluding hydrogens is 286 g/mol. The summed E-state index contributed by atoms with van der Waals surface area (Å²) in [5.74, 6) is 0.195. The molecule has 21 heavy (non-hydrogen) atoms. The van der Waals surface area contributed by atoms with E-state index in [1.165, 1.54) is 5.56 Å². The molecule has 1 aliphatic carbocycles. The average molecular weight is 307 g/mol. The molecular formula is C16H21NO3S. The van der Waals surface area contributed by atoms with Crippen LogP contribution in [0.3, 0.4) is 0 Å². The fraction of sp³-hybridized carbons (Fsp3) is 0.500. The van der Waals surface area contributed by atoms with E-state index in [1.54, 1.807) is 11.8 Å². The molecule has 1 saturated carbocycles. The lowest BCUT2D eigenvalue weighted by Crippen LogP contribution is -2.40. The van der Waals surface area contributed by atoms with Crippen LogP contribution in [0.1, 0.15) is 31.2 Å². The number of carboxylic acids is 1. The van der Waals surface area contributed by atoms with Crippen LogP contribution in [-0.2, 0) is 15.3 Å². The molecule has 2 N–H and O–H groups in total. The van der Waals surface area contributed by atoms with E-state index >= 15 is 0 Å². The Kier molecular flexibility index (Phi) is 6.11. The number of carboxylic acid groups (broad SMARTS) is 1. The molecule has 0 aliphatic heterocycles. The molecule has 2 unspecified atom stereocenters. The van der Waals surface area contributed by atoms with Gasteiger partial charge in [0.2, 0.25) is 5.91 Å². The fourth-order valence-corrected chi connectivity index (χ4v) is 3.45. The molecule has 0 aromatic heterocycles. The van der Waals surface area contributed by atoms with E-state index in [1.807, 2.05) is 30.3 Å². The summed E-state index contributed by atoms with van der Waals surface area (Å²) in [4.78, 5) is 22.9. The topological polar surface area (TPSA) is 66.4 Å². The number of carbonyl (C=O) groups is 2. The standard InChI is InChI=1S/C16H21NO3S/c18-15(11-21-10-12-5-2-1-3-6-12)17-14-8-4-7-13(9-14)16(19)20/h1-3,5-6,13-14H,4,7-11H2,(H,17,18)(H,19,20). The van der Waals surface area contributed by atoms with Crippen molar-refractivity contribution < 1.29 is 14.7 Å². The Labute approximate surface area is 129 Å². The zero-order chi connectivity index (χ0) is 15.1. The van der Waals surface area contributed by atoms with Crippen LogP contribution < -0.4 is 5.32 Å². The number of benzene rings is 1. The molecule has 114 valence electrons. The maximum Gasteiger partial charge on any atom is 0.306 e. The van der Waals surface area contributed by atoms with E-state index in [4.69, 9.17) is 5.11 Å². The molecule has 1 aromatic rings. The summed E-state index contributed by atoms with van der Waals surface area (Å²) in [5, 5.41) is 12.0. The van der Waals surface area contributed by atoms with E-state index in [-0.39, 0.29) is 17.9 Å². The van der Waals surface area contributed by atoms with Crippen LogP contribution in [0, 0.1) is 5.92 Å². The summed E-state index contributed by atoms with van der Waals surface area (Å²) in [7, 11) is 0. The smallest absolute Gasteiger partial charge is 0.306 e. The predicted octanol–water partition coefficient (Wildman–Crippen LogP) is 2.68. The van der Waals surface area contributed by atoms with Gasteiger partial charge in [0.25, 0.3) is 0 Å². The van der Waals surface area contributed by atoms with Gasteiger partial charge in [-0.25, -0.2) is 0 Å². The summed E-state index contributed by atoms with van der Waals surface area (Å²) in [5.41, 5.74) is 1.21. The first kappa shape index (κ1) is 15.9. The molecule has 0 spiro atoms. The lowest BCUT2D eigenvalue weighted by atomic mass is 9.86. The normalized spacial score (nSPS) is 21.7. The van der Waals surface area contributed by atoms with Crippen molar-refractivity contribution >= 4 is 23.6 Å². The van der Waals surface area contributed by atoms with Gasteiger partial charge in [0.15, 0.2) is 0 Å². The number of aliphatic carboxylic acids is 1. The maximum absolute atomic E-state index is 11.9. The Morgan fingerprint density at radius 1 is 1.24 bits per heavy atom. The van der Waals surface area contributed by atoms with E-state index in [0.29, 0.717) is 12.2 Å². The van der Waals surface area contributed by atoms with Crippen LogP contribution in [0.15, 0.2) is 30.3 Å². The first-order valence-electron chi connectivity index (χ1n) is 7.29. The Hall–Kier alpha value is -1.49. The lowest BCUT2D eigenvalue weighted by molar-refractivity contribution is -0.143. The van der Waals surface area contributed by atoms with Crippen molar-refractivity contribution in [2.75, 3.05) is 5.75 Å². The second-order valence-electron chi connectivity index (χ2n) is 5.44. The number of carbonyl (C=O) groups excluding carboxylic acids is 1. The number of hydrogen-bond acceptors (Lipinski definition) is 3. The van der Waals surface area contributed by atoms with Crippen molar-refractivity contribution in [3.8, 4) is 0 Å². The van der Waals surface area contributed by atoms with Gasteiger partial charge in [0.05, 0.1) is 11.7 Å². The highest BCUT2D eigenvalue weighted by atomic mass is 32.2. The molecule has 0 bridgehead atoms. The molecule has 0 radical (unpaired) electrons. The number of thioether (sulfide) groups is 1. The quantitative estimate of drug-likeness (QED) is 0.848. The third-order valence-electron chi connectivity index (χ3n) is 3.73. The third kappa shape index (κ3) is 5.42. The summed E-state index contributed by atoms with van der Waals surface area (Å²) in [6.07, 6.45) is 3.05. The average Bonchev–Trinajstić information content (AvgIpc) is 2.48. The van der Waals surface area contributed by atoms with Crippen LogP contribution in [-0.4, -0.2) is 28.8 Å². The Morgan fingerprint density at radius 2 is 2.00 bits per heavy atom. The van der Waals surface area contributed by atoms with Gasteiger partial charge < -0.3 is 10.4 Å². The summed E-state index contributed by atoms with van der Waals surface area (Å²) in [6.45, 7) is 0. The second-order valence-corrected chi connectivity index (χ2v) is 6.43. The van der Waals surface area contributed by atoms with Gasteiger partial charge in [-0.1, -0.05) is 36.8 Å². The maximum atomic E-state index is 11.9. The second kappa shape index (κ2) is 8.08. The molecule has 1 fully saturated rings. The van der Waals surface area contributed by atoms with Crippen LogP contribution in [0.5, 0.6) is 0 Å². The molecule has 0 saturated heterocycles. The summed E-state index contributed by atoms with van der Waals surface area (Å²) >= 11 is 1.58. The van der Waals surface area contributed by atoms with Crippen molar-refractivity contribution in [2.24, 2.45) is 5.92 Å². The minimum atomic E-state index is -0.743. The molecule has 1 aromatic carbocycles. The highest BCUT2D eigenvalue weighted by Gasteiger charge is 2.27. The van der Waals surface area contributed by atoms with Crippen molar-refractivity contribution in [1.29, 1.82) is 0 Å². The minimum absolute atomic E-state index is 0.00645. The van der Waals surface area contributed by atoms with Gasteiger partial charge in [0, 0.05) is 11.8 Å². The fourth-order valence-electron chi connectivity index (χ4n) is 2.65. The van der Waals surface area contributed by atoms with Crippen molar-refractivity contribution in [2.45, 2.75) is 37.5 Å². The van der Waals surface area contributed by atoms with E-state index in [2.05, 4.69) is 5.32 Å². The van der Waals surface area contributed by atoms with Crippen LogP contribution in [0.25, 0.3) is 0 Å². The van der Waals surface area contributed by atoms with Gasteiger partial charge >= 0.3 is 5.97 Å². The number of hydrogen-bond donors (Lipinski definition) is 2. The Balaban J connectivity index is 1.68. The van der Waals surface area contributed by atoms with Gasteiger partial charge in [0.1, 0.15) is 0 Å². The zero-order valence-electron chi connectivity index (χ0n) is 12.0. The highest BCUT2D eigenvalue weighted by molar-refractivity contribution is 7.99. The lowest BCUT2D eigenvalue weighted by Gasteiger charge is -2.27. The minimum Gasteiger partial charge on any atom is -0.481 e. The van der Waals surface area contributed by atoms with Crippen molar-refractivity contribution in [3.05, 3.63) is 35.9 Å². The molecule has 5 heteroatoms. The molecule has 2 rings (SSSR count). The highest BCUT2D eigenvalue weighted by Crippen LogP contribution is 2.24. The predicted molar refractivity (Wildman–Crippen MR) is 84.1 cm³/mol. The van der Waals surface area contributed by atoms with Crippen LogP contribution in [0.4, 0.5) is 0 Å². The monoisotopic (exact) mass is 307 g/mol. The van der Waals surface area contributed by atoms with Crippen LogP contribution >= 0.6 is 11.8 Å². The van der Waals surface area contributed by atoms with E-state index in [0.717, 1.165) is 25.0 Å². The van der Waals surface area contributed by atoms with Gasteiger partial charge in [-0.3, -0.25) is 9.59 Å². The number of nitrogens with one attached hydrogen (secondary N) is 1. The first-order chi connectivity index (χ1) is 10.1. The summed E-state index contributed by atoms with van der Waals surface area (Å²) in [6, 6.07) is 10.1. The molecule has 0 heterocycles. The molecule has 1 amide bonds. The van der Waals surface area contributed by atoms with Gasteiger partial charge in [-0.2, -0.15) is 0 Å². The molecule has 2 atom stereocenters. The molecule has 4 nitrogen and oxygen atoms in total. The van der Waals surface area contributed by atoms with Gasteiger partial charge in [-0.15, -0.1) is 11.8 Å². The van der Waals surface area contributed by atoms with E-state index in [9.17, 15) is 9.59 Å². The van der Waals surface area contributed by atoms with Crippen LogP contribution in [0.2, 0.25) is 0 Å².